The zero-order chi connectivity index (χ0) is 15.2. The number of pyridine rings is 1. The molecule has 0 fully saturated rings. The third kappa shape index (κ3) is 3.78. The minimum absolute atomic E-state index is 0.286. The van der Waals surface area contributed by atoms with Gasteiger partial charge in [0.15, 0.2) is 0 Å². The van der Waals surface area contributed by atoms with E-state index in [-0.39, 0.29) is 11.7 Å². The maximum absolute atomic E-state index is 13.5. The number of benzene rings is 1. The average molecular weight is 287 g/mol. The molecule has 0 unspecified atom stereocenters. The van der Waals surface area contributed by atoms with Gasteiger partial charge in [-0.15, -0.1) is 0 Å². The van der Waals surface area contributed by atoms with Crippen LogP contribution in [0.25, 0.3) is 0 Å². The summed E-state index contributed by atoms with van der Waals surface area (Å²) in [5, 5.41) is 5.84. The van der Waals surface area contributed by atoms with Crippen molar-refractivity contribution in [3.05, 3.63) is 53.5 Å². The van der Waals surface area contributed by atoms with E-state index in [1.165, 1.54) is 6.07 Å². The van der Waals surface area contributed by atoms with Crippen molar-refractivity contribution in [3.8, 4) is 0 Å². The van der Waals surface area contributed by atoms with E-state index in [1.807, 2.05) is 0 Å². The van der Waals surface area contributed by atoms with Gasteiger partial charge in [-0.2, -0.15) is 0 Å². The highest BCUT2D eigenvalue weighted by Crippen LogP contribution is 2.18. The third-order valence-corrected chi connectivity index (χ3v) is 3.09. The first kappa shape index (κ1) is 15.0. The Morgan fingerprint density at radius 1 is 1.33 bits per heavy atom. The van der Waals surface area contributed by atoms with Gasteiger partial charge in [-0.1, -0.05) is 13.0 Å². The lowest BCUT2D eigenvalue weighted by molar-refractivity contribution is 0.102. The molecule has 0 bridgehead atoms. The second kappa shape index (κ2) is 6.83. The summed E-state index contributed by atoms with van der Waals surface area (Å²) in [5.74, 6) is 0.0268. The molecule has 110 valence electrons. The number of nitrogens with one attached hydrogen (secondary N) is 2. The first-order valence-corrected chi connectivity index (χ1v) is 6.88. The number of rotatable bonds is 5. The van der Waals surface area contributed by atoms with Gasteiger partial charge in [0, 0.05) is 29.6 Å². The van der Waals surface area contributed by atoms with Gasteiger partial charge < -0.3 is 10.6 Å². The zero-order valence-corrected chi connectivity index (χ0v) is 12.1. The van der Waals surface area contributed by atoms with Crippen LogP contribution >= 0.6 is 0 Å². The highest BCUT2D eigenvalue weighted by atomic mass is 19.1. The number of hydrogen-bond donors (Lipinski definition) is 2. The number of halogens is 1. The van der Waals surface area contributed by atoms with Gasteiger partial charge in [-0.05, 0) is 37.6 Å². The number of hydrogen-bond acceptors (Lipinski definition) is 3. The second-order valence-electron chi connectivity index (χ2n) is 4.72. The molecule has 1 aromatic carbocycles. The molecule has 0 saturated heterocycles. The summed E-state index contributed by atoms with van der Waals surface area (Å²) in [6.07, 6.45) is 2.55. The molecular formula is C16H18FN3O. The quantitative estimate of drug-likeness (QED) is 0.883. The summed E-state index contributed by atoms with van der Waals surface area (Å²) >= 11 is 0. The van der Waals surface area contributed by atoms with E-state index in [2.05, 4.69) is 22.5 Å². The maximum Gasteiger partial charge on any atom is 0.255 e. The van der Waals surface area contributed by atoms with Gasteiger partial charge in [0.25, 0.3) is 5.91 Å². The number of anilines is 2. The van der Waals surface area contributed by atoms with E-state index in [4.69, 9.17) is 0 Å². The van der Waals surface area contributed by atoms with Crippen molar-refractivity contribution in [2.24, 2.45) is 0 Å². The smallest absolute Gasteiger partial charge is 0.255 e. The minimum atomic E-state index is -0.340. The van der Waals surface area contributed by atoms with E-state index >= 15 is 0 Å². The Kier molecular flexibility index (Phi) is 4.87. The van der Waals surface area contributed by atoms with Gasteiger partial charge in [0.2, 0.25) is 0 Å². The van der Waals surface area contributed by atoms with Crippen LogP contribution < -0.4 is 10.6 Å². The van der Waals surface area contributed by atoms with Crippen molar-refractivity contribution in [1.82, 2.24) is 4.98 Å². The van der Waals surface area contributed by atoms with Crippen LogP contribution in [0.1, 0.15) is 29.3 Å². The molecule has 21 heavy (non-hydrogen) atoms. The Morgan fingerprint density at radius 2 is 2.14 bits per heavy atom. The van der Waals surface area contributed by atoms with Crippen molar-refractivity contribution in [2.45, 2.75) is 20.3 Å². The Bertz CT molecular complexity index is 643. The first-order chi connectivity index (χ1) is 10.1. The fourth-order valence-corrected chi connectivity index (χ4v) is 1.86. The topological polar surface area (TPSA) is 54.0 Å². The van der Waals surface area contributed by atoms with E-state index in [1.54, 1.807) is 37.4 Å². The van der Waals surface area contributed by atoms with E-state index in [0.29, 0.717) is 22.6 Å². The highest BCUT2D eigenvalue weighted by molar-refractivity contribution is 6.05. The van der Waals surface area contributed by atoms with Crippen molar-refractivity contribution in [1.29, 1.82) is 0 Å². The molecule has 2 aromatic rings. The van der Waals surface area contributed by atoms with Crippen molar-refractivity contribution < 1.29 is 9.18 Å². The monoisotopic (exact) mass is 287 g/mol. The Labute approximate surface area is 123 Å². The van der Waals surface area contributed by atoms with Gasteiger partial charge >= 0.3 is 0 Å². The molecule has 0 spiro atoms. The molecular weight excluding hydrogens is 269 g/mol. The van der Waals surface area contributed by atoms with Crippen LogP contribution in [0.4, 0.5) is 15.9 Å². The molecule has 5 heteroatoms. The molecule has 0 saturated carbocycles. The maximum atomic E-state index is 13.5. The summed E-state index contributed by atoms with van der Waals surface area (Å²) in [5.41, 5.74) is 1.37. The molecule has 1 aromatic heterocycles. The van der Waals surface area contributed by atoms with E-state index < -0.39 is 0 Å². The van der Waals surface area contributed by atoms with Crippen LogP contribution in [-0.4, -0.2) is 17.4 Å². The summed E-state index contributed by atoms with van der Waals surface area (Å²) in [7, 11) is 0. The van der Waals surface area contributed by atoms with Crippen LogP contribution in [0.3, 0.4) is 0 Å². The van der Waals surface area contributed by atoms with Crippen molar-refractivity contribution >= 4 is 17.4 Å². The number of nitrogens with zero attached hydrogens (tertiary/aromatic N) is 1. The van der Waals surface area contributed by atoms with Crippen LogP contribution in [0, 0.1) is 12.7 Å². The van der Waals surface area contributed by atoms with Crippen LogP contribution in [0.5, 0.6) is 0 Å². The predicted molar refractivity (Wildman–Crippen MR) is 82.1 cm³/mol. The van der Waals surface area contributed by atoms with Gasteiger partial charge in [-0.3, -0.25) is 4.79 Å². The molecule has 0 atom stereocenters. The summed E-state index contributed by atoms with van der Waals surface area (Å²) in [6.45, 7) is 4.48. The van der Waals surface area contributed by atoms with E-state index in [9.17, 15) is 9.18 Å². The summed E-state index contributed by atoms with van der Waals surface area (Å²) in [4.78, 5) is 16.4. The molecule has 1 heterocycles. The number of carbonyl (C=O) groups excluding carboxylic acids is 1. The lowest BCUT2D eigenvalue weighted by atomic mass is 10.1. The minimum Gasteiger partial charge on any atom is -0.370 e. The SMILES string of the molecule is CCCNc1cc(C(=O)Nc2cccc(F)c2C)ccn1. The molecule has 0 aliphatic carbocycles. The van der Waals surface area contributed by atoms with Gasteiger partial charge in [0.1, 0.15) is 11.6 Å². The highest BCUT2D eigenvalue weighted by Gasteiger charge is 2.10. The molecule has 1 amide bonds. The Hall–Kier alpha value is -2.43. The summed E-state index contributed by atoms with van der Waals surface area (Å²) < 4.78 is 13.5. The molecule has 0 aliphatic heterocycles. The zero-order valence-electron chi connectivity index (χ0n) is 12.1. The normalized spacial score (nSPS) is 10.2. The van der Waals surface area contributed by atoms with Gasteiger partial charge in [-0.25, -0.2) is 9.37 Å². The molecule has 4 nitrogen and oxygen atoms in total. The summed E-state index contributed by atoms with van der Waals surface area (Å²) in [6, 6.07) is 7.91. The van der Waals surface area contributed by atoms with Crippen LogP contribution in [-0.2, 0) is 0 Å². The van der Waals surface area contributed by atoms with Crippen LogP contribution in [0.2, 0.25) is 0 Å². The molecule has 0 radical (unpaired) electrons. The lowest BCUT2D eigenvalue weighted by Crippen LogP contribution is -2.14. The molecule has 0 aliphatic rings. The standard InChI is InChI=1S/C16H18FN3O/c1-3-8-18-15-10-12(7-9-19-15)16(21)20-14-6-4-5-13(17)11(14)2/h4-7,9-10H,3,8H2,1-2H3,(H,18,19)(H,20,21). The first-order valence-electron chi connectivity index (χ1n) is 6.88. The van der Waals surface area contributed by atoms with Crippen molar-refractivity contribution in [3.63, 3.8) is 0 Å². The fraction of sp³-hybridized carbons (Fsp3) is 0.250. The number of aromatic nitrogens is 1. The van der Waals surface area contributed by atoms with E-state index in [0.717, 1.165) is 13.0 Å². The van der Waals surface area contributed by atoms with Gasteiger partial charge in [0.05, 0.1) is 0 Å². The largest absolute Gasteiger partial charge is 0.370 e. The Morgan fingerprint density at radius 3 is 2.90 bits per heavy atom. The number of amides is 1. The lowest BCUT2D eigenvalue weighted by Gasteiger charge is -2.10. The van der Waals surface area contributed by atoms with Crippen molar-refractivity contribution in [2.75, 3.05) is 17.2 Å². The molecule has 2 rings (SSSR count). The average Bonchev–Trinajstić information content (AvgIpc) is 2.50. The molecule has 2 N–H and O–H groups in total. The fourth-order valence-electron chi connectivity index (χ4n) is 1.86. The Balaban J connectivity index is 2.15. The second-order valence-corrected chi connectivity index (χ2v) is 4.72. The predicted octanol–water partition coefficient (Wildman–Crippen LogP) is 3.60. The number of carbonyl (C=O) groups is 1. The van der Waals surface area contributed by atoms with Crippen LogP contribution in [0.15, 0.2) is 36.5 Å². The third-order valence-electron chi connectivity index (χ3n) is 3.09.